The molecular weight excluding hydrogens is 274 g/mol. The lowest BCUT2D eigenvalue weighted by molar-refractivity contribution is -0.257. The second-order valence-corrected chi connectivity index (χ2v) is 5.18. The molecule has 21 heavy (non-hydrogen) atoms. The minimum atomic E-state index is -0.992. The first-order valence-corrected chi connectivity index (χ1v) is 6.81. The molecule has 112 valence electrons. The van der Waals surface area contributed by atoms with Crippen molar-refractivity contribution >= 4 is 11.8 Å². The van der Waals surface area contributed by atoms with Crippen molar-refractivity contribution in [3.8, 4) is 0 Å². The van der Waals surface area contributed by atoms with Gasteiger partial charge >= 0.3 is 0 Å². The molecule has 2 unspecified atom stereocenters. The molecule has 1 aromatic rings. The summed E-state index contributed by atoms with van der Waals surface area (Å²) < 4.78 is 16.3. The van der Waals surface area contributed by atoms with E-state index >= 15 is 0 Å². The standard InChI is InChI=1S/C15H17NO5/c1-19-12-7-8-15(20-2,21-12)9-16-13(17)10-5-3-4-6-11(10)14(16)18/h3-6,12H,7-9H2,1-2H3. The predicted molar refractivity (Wildman–Crippen MR) is 72.7 cm³/mol. The van der Waals surface area contributed by atoms with Crippen LogP contribution in [-0.4, -0.2) is 49.6 Å². The third-order valence-electron chi connectivity index (χ3n) is 4.02. The fourth-order valence-corrected chi connectivity index (χ4v) is 2.82. The van der Waals surface area contributed by atoms with Crippen LogP contribution in [-0.2, 0) is 14.2 Å². The quantitative estimate of drug-likeness (QED) is 0.785. The summed E-state index contributed by atoms with van der Waals surface area (Å²) in [6, 6.07) is 6.80. The van der Waals surface area contributed by atoms with Crippen molar-refractivity contribution in [2.45, 2.75) is 24.9 Å². The summed E-state index contributed by atoms with van der Waals surface area (Å²) in [4.78, 5) is 25.9. The summed E-state index contributed by atoms with van der Waals surface area (Å²) in [7, 11) is 3.06. The van der Waals surface area contributed by atoms with Gasteiger partial charge in [-0.05, 0) is 12.1 Å². The van der Waals surface area contributed by atoms with Gasteiger partial charge in [-0.2, -0.15) is 0 Å². The fourth-order valence-electron chi connectivity index (χ4n) is 2.82. The van der Waals surface area contributed by atoms with Gasteiger partial charge in [-0.25, -0.2) is 0 Å². The van der Waals surface area contributed by atoms with Crippen LogP contribution in [0.1, 0.15) is 33.6 Å². The van der Waals surface area contributed by atoms with E-state index in [9.17, 15) is 9.59 Å². The van der Waals surface area contributed by atoms with E-state index in [0.29, 0.717) is 24.0 Å². The van der Waals surface area contributed by atoms with Gasteiger partial charge in [-0.3, -0.25) is 14.5 Å². The summed E-state index contributed by atoms with van der Waals surface area (Å²) >= 11 is 0. The van der Waals surface area contributed by atoms with Gasteiger partial charge in [-0.15, -0.1) is 0 Å². The van der Waals surface area contributed by atoms with E-state index in [2.05, 4.69) is 0 Å². The third-order valence-corrected chi connectivity index (χ3v) is 4.02. The van der Waals surface area contributed by atoms with E-state index in [1.165, 1.54) is 12.0 Å². The van der Waals surface area contributed by atoms with Crippen molar-refractivity contribution in [1.29, 1.82) is 0 Å². The number of ether oxygens (including phenoxy) is 3. The molecule has 0 radical (unpaired) electrons. The average Bonchev–Trinajstić information content (AvgIpc) is 3.04. The molecule has 0 N–H and O–H groups in total. The van der Waals surface area contributed by atoms with E-state index < -0.39 is 5.79 Å². The van der Waals surface area contributed by atoms with Crippen LogP contribution in [0.15, 0.2) is 24.3 Å². The summed E-state index contributed by atoms with van der Waals surface area (Å²) in [5.41, 5.74) is 0.852. The number of hydrogen-bond acceptors (Lipinski definition) is 5. The minimum Gasteiger partial charge on any atom is -0.356 e. The molecule has 0 aliphatic carbocycles. The van der Waals surface area contributed by atoms with E-state index in [1.54, 1.807) is 31.4 Å². The first-order valence-electron chi connectivity index (χ1n) is 6.81. The summed E-state index contributed by atoms with van der Waals surface area (Å²) in [5.74, 6) is -1.61. The molecular formula is C15H17NO5. The zero-order valence-corrected chi connectivity index (χ0v) is 12.0. The Morgan fingerprint density at radius 1 is 1.24 bits per heavy atom. The predicted octanol–water partition coefficient (Wildman–Crippen LogP) is 1.41. The van der Waals surface area contributed by atoms with Crippen LogP contribution in [0.3, 0.4) is 0 Å². The molecule has 3 rings (SSSR count). The molecule has 1 fully saturated rings. The summed E-state index contributed by atoms with van der Waals surface area (Å²) in [6.45, 7) is 0.0652. The molecule has 0 saturated carbocycles. The lowest BCUT2D eigenvalue weighted by atomic mass is 10.1. The number of carbonyl (C=O) groups is 2. The molecule has 2 aliphatic heterocycles. The largest absolute Gasteiger partial charge is 0.356 e. The van der Waals surface area contributed by atoms with Crippen molar-refractivity contribution < 1.29 is 23.8 Å². The van der Waals surface area contributed by atoms with Crippen molar-refractivity contribution in [2.24, 2.45) is 0 Å². The second-order valence-electron chi connectivity index (χ2n) is 5.18. The van der Waals surface area contributed by atoms with Crippen LogP contribution in [0.2, 0.25) is 0 Å². The van der Waals surface area contributed by atoms with Gasteiger partial charge in [0, 0.05) is 27.1 Å². The Balaban J connectivity index is 1.83. The molecule has 6 heteroatoms. The molecule has 0 aromatic heterocycles. The zero-order chi connectivity index (χ0) is 15.0. The Hall–Kier alpha value is -1.76. The highest BCUT2D eigenvalue weighted by Gasteiger charge is 2.47. The average molecular weight is 291 g/mol. The Labute approximate surface area is 122 Å². The van der Waals surface area contributed by atoms with Crippen molar-refractivity contribution in [3.63, 3.8) is 0 Å². The molecule has 2 heterocycles. The maximum atomic E-state index is 12.4. The van der Waals surface area contributed by atoms with Gasteiger partial charge in [-0.1, -0.05) is 12.1 Å². The Morgan fingerprint density at radius 2 is 1.86 bits per heavy atom. The number of rotatable bonds is 4. The third kappa shape index (κ3) is 2.25. The van der Waals surface area contributed by atoms with Crippen LogP contribution in [0.4, 0.5) is 0 Å². The highest BCUT2D eigenvalue weighted by Crippen LogP contribution is 2.34. The van der Waals surface area contributed by atoms with Gasteiger partial charge in [0.2, 0.25) is 0 Å². The summed E-state index contributed by atoms with van der Waals surface area (Å²) in [6.07, 6.45) is 0.850. The fraction of sp³-hybridized carbons (Fsp3) is 0.467. The monoisotopic (exact) mass is 291 g/mol. The Bertz CT molecular complexity index is 552. The van der Waals surface area contributed by atoms with Crippen molar-refractivity contribution in [3.05, 3.63) is 35.4 Å². The molecule has 1 aromatic carbocycles. The maximum Gasteiger partial charge on any atom is 0.261 e. The van der Waals surface area contributed by atoms with E-state index in [-0.39, 0.29) is 24.6 Å². The molecule has 0 bridgehead atoms. The molecule has 0 spiro atoms. The van der Waals surface area contributed by atoms with E-state index in [1.807, 2.05) is 0 Å². The molecule has 6 nitrogen and oxygen atoms in total. The Morgan fingerprint density at radius 3 is 2.33 bits per heavy atom. The normalized spacial score (nSPS) is 28.3. The first-order chi connectivity index (χ1) is 10.1. The van der Waals surface area contributed by atoms with Crippen LogP contribution in [0, 0.1) is 0 Å². The van der Waals surface area contributed by atoms with Gasteiger partial charge in [0.15, 0.2) is 12.1 Å². The smallest absolute Gasteiger partial charge is 0.261 e. The molecule has 1 saturated heterocycles. The number of fused-ring (bicyclic) bond motifs is 1. The van der Waals surface area contributed by atoms with Crippen LogP contribution >= 0.6 is 0 Å². The van der Waals surface area contributed by atoms with Crippen molar-refractivity contribution in [1.82, 2.24) is 4.90 Å². The van der Waals surface area contributed by atoms with Gasteiger partial charge in [0.1, 0.15) is 0 Å². The Kier molecular flexibility index (Phi) is 3.52. The summed E-state index contributed by atoms with van der Waals surface area (Å²) in [5, 5.41) is 0. The minimum absolute atomic E-state index is 0.0652. The maximum absolute atomic E-state index is 12.4. The number of methoxy groups -OCH3 is 2. The van der Waals surface area contributed by atoms with Crippen molar-refractivity contribution in [2.75, 3.05) is 20.8 Å². The van der Waals surface area contributed by atoms with Gasteiger partial charge in [0.25, 0.3) is 11.8 Å². The number of benzene rings is 1. The number of hydrogen-bond donors (Lipinski definition) is 0. The molecule has 2 amide bonds. The van der Waals surface area contributed by atoms with E-state index in [0.717, 1.165) is 0 Å². The number of amides is 2. The lowest BCUT2D eigenvalue weighted by Gasteiger charge is -2.30. The number of imide groups is 1. The molecule has 2 atom stereocenters. The number of carbonyl (C=O) groups excluding carboxylic acids is 2. The lowest BCUT2D eigenvalue weighted by Crippen LogP contribution is -2.47. The van der Waals surface area contributed by atoms with Crippen LogP contribution in [0.25, 0.3) is 0 Å². The zero-order valence-electron chi connectivity index (χ0n) is 12.0. The van der Waals surface area contributed by atoms with Crippen LogP contribution < -0.4 is 0 Å². The molecule has 2 aliphatic rings. The van der Waals surface area contributed by atoms with E-state index in [4.69, 9.17) is 14.2 Å². The second kappa shape index (κ2) is 5.22. The first kappa shape index (κ1) is 14.2. The van der Waals surface area contributed by atoms with Gasteiger partial charge < -0.3 is 14.2 Å². The van der Waals surface area contributed by atoms with Gasteiger partial charge in [0.05, 0.1) is 17.7 Å². The highest BCUT2D eigenvalue weighted by molar-refractivity contribution is 6.21. The highest BCUT2D eigenvalue weighted by atomic mass is 16.8. The van der Waals surface area contributed by atoms with Crippen LogP contribution in [0.5, 0.6) is 0 Å². The topological polar surface area (TPSA) is 65.1 Å². The number of nitrogens with zero attached hydrogens (tertiary/aromatic N) is 1. The SMILES string of the molecule is COC1CCC(CN2C(=O)c3ccccc3C2=O)(OC)O1.